The monoisotopic (exact) mass is 352 g/mol. The molecule has 0 aromatic carbocycles. The van der Waals surface area contributed by atoms with Crippen LogP contribution >= 0.6 is 0 Å². The molecule has 0 spiro atoms. The minimum absolute atomic E-state index is 0.140. The van der Waals surface area contributed by atoms with E-state index in [0.29, 0.717) is 30.2 Å². The number of aromatic amines is 1. The van der Waals surface area contributed by atoms with Crippen LogP contribution < -0.4 is 11.2 Å². The van der Waals surface area contributed by atoms with E-state index < -0.39 is 5.69 Å². The third kappa shape index (κ3) is 4.00. The molecule has 25 heavy (non-hydrogen) atoms. The van der Waals surface area contributed by atoms with Gasteiger partial charge >= 0.3 is 5.69 Å². The molecule has 0 radical (unpaired) electrons. The maximum atomic E-state index is 12.4. The Balaban J connectivity index is 1.53. The van der Waals surface area contributed by atoms with Crippen molar-refractivity contribution in [1.29, 1.82) is 0 Å². The minimum Gasteiger partial charge on any atom is -0.377 e. The molecule has 2 aromatic rings. The lowest BCUT2D eigenvalue weighted by Crippen LogP contribution is -2.40. The highest BCUT2D eigenvalue weighted by molar-refractivity contribution is 5.69. The predicted molar refractivity (Wildman–Crippen MR) is 90.7 cm³/mol. The smallest absolute Gasteiger partial charge is 0.332 e. The topological polar surface area (TPSA) is 100 Å². The van der Waals surface area contributed by atoms with Crippen LogP contribution in [0.4, 0.5) is 0 Å². The second-order valence-corrected chi connectivity index (χ2v) is 6.10. The zero-order chi connectivity index (χ0) is 17.8. The Kier molecular flexibility index (Phi) is 5.67. The molecule has 1 saturated heterocycles. The number of hydrogen-bond donors (Lipinski definition) is 1. The van der Waals surface area contributed by atoms with Crippen molar-refractivity contribution in [2.75, 3.05) is 26.4 Å². The molecule has 3 heterocycles. The fraction of sp³-hybridized carbons (Fsp3) is 0.688. The van der Waals surface area contributed by atoms with Gasteiger partial charge in [0.1, 0.15) is 11.3 Å². The first-order valence-electron chi connectivity index (χ1n) is 8.55. The van der Waals surface area contributed by atoms with Gasteiger partial charge in [-0.3, -0.25) is 13.9 Å². The zero-order valence-electron chi connectivity index (χ0n) is 14.6. The highest BCUT2D eigenvalue weighted by atomic mass is 16.7. The van der Waals surface area contributed by atoms with E-state index in [-0.39, 0.29) is 25.0 Å². The molecular formula is C16H24N4O5. The Morgan fingerprint density at radius 3 is 2.88 bits per heavy atom. The predicted octanol–water partition coefficient (Wildman–Crippen LogP) is 0.292. The number of aromatic nitrogens is 4. The number of hydrogen-bond acceptors (Lipinski definition) is 6. The molecule has 1 aliphatic rings. The van der Waals surface area contributed by atoms with Gasteiger partial charge in [0.2, 0.25) is 0 Å². The quantitative estimate of drug-likeness (QED) is 0.719. The summed E-state index contributed by atoms with van der Waals surface area (Å²) in [5, 5.41) is 0. The van der Waals surface area contributed by atoms with Gasteiger partial charge < -0.3 is 19.2 Å². The van der Waals surface area contributed by atoms with Crippen molar-refractivity contribution < 1.29 is 14.2 Å². The third-order valence-electron chi connectivity index (χ3n) is 4.23. The molecule has 1 N–H and O–H groups in total. The van der Waals surface area contributed by atoms with Crippen molar-refractivity contribution in [2.45, 2.75) is 39.0 Å². The van der Waals surface area contributed by atoms with Crippen molar-refractivity contribution in [3.05, 3.63) is 26.7 Å². The lowest BCUT2D eigenvalue weighted by atomic mass is 10.2. The number of fused-ring (bicyclic) bond motifs is 1. The van der Waals surface area contributed by atoms with Gasteiger partial charge in [0, 0.05) is 13.7 Å². The van der Waals surface area contributed by atoms with Gasteiger partial charge in [-0.15, -0.1) is 0 Å². The maximum Gasteiger partial charge on any atom is 0.332 e. The number of aryl methyl sites for hydroxylation is 2. The average Bonchev–Trinajstić information content (AvgIpc) is 3.01. The molecule has 0 amide bonds. The van der Waals surface area contributed by atoms with Crippen LogP contribution in [0.1, 0.15) is 25.1 Å². The summed E-state index contributed by atoms with van der Waals surface area (Å²) < 4.78 is 19.0. The highest BCUT2D eigenvalue weighted by Crippen LogP contribution is 2.13. The molecule has 1 atom stereocenters. The summed E-state index contributed by atoms with van der Waals surface area (Å²) >= 11 is 0. The van der Waals surface area contributed by atoms with Gasteiger partial charge in [-0.2, -0.15) is 0 Å². The van der Waals surface area contributed by atoms with Crippen molar-refractivity contribution in [3.63, 3.8) is 0 Å². The van der Waals surface area contributed by atoms with Crippen LogP contribution in [0.15, 0.2) is 9.59 Å². The van der Waals surface area contributed by atoms with Crippen molar-refractivity contribution in [1.82, 2.24) is 19.1 Å². The van der Waals surface area contributed by atoms with E-state index in [4.69, 9.17) is 14.2 Å². The summed E-state index contributed by atoms with van der Waals surface area (Å²) in [4.78, 5) is 31.8. The summed E-state index contributed by atoms with van der Waals surface area (Å²) in [6.45, 7) is 3.74. The Morgan fingerprint density at radius 2 is 2.12 bits per heavy atom. The normalized spacial score (nSPS) is 18.1. The van der Waals surface area contributed by atoms with Gasteiger partial charge in [0.05, 0.1) is 26.4 Å². The first-order chi connectivity index (χ1) is 12.1. The number of nitrogens with one attached hydrogen (secondary N) is 1. The molecule has 0 saturated carbocycles. The van der Waals surface area contributed by atoms with Crippen LogP contribution in [-0.4, -0.2) is 51.8 Å². The van der Waals surface area contributed by atoms with Crippen LogP contribution in [0.3, 0.4) is 0 Å². The van der Waals surface area contributed by atoms with E-state index in [1.807, 2.05) is 0 Å². The van der Waals surface area contributed by atoms with E-state index in [1.165, 1.54) is 4.57 Å². The third-order valence-corrected chi connectivity index (χ3v) is 4.23. The first kappa shape index (κ1) is 17.8. The number of rotatable bonds is 7. The van der Waals surface area contributed by atoms with Crippen molar-refractivity contribution >= 4 is 11.2 Å². The number of nitrogens with zero attached hydrogens (tertiary/aromatic N) is 3. The van der Waals surface area contributed by atoms with Crippen LogP contribution in [0.25, 0.3) is 11.2 Å². The maximum absolute atomic E-state index is 12.4. The second kappa shape index (κ2) is 7.94. The van der Waals surface area contributed by atoms with Crippen molar-refractivity contribution in [3.8, 4) is 0 Å². The first-order valence-corrected chi connectivity index (χ1v) is 8.55. The van der Waals surface area contributed by atoms with E-state index in [1.54, 1.807) is 14.0 Å². The number of ether oxygens (including phenoxy) is 3. The molecule has 9 nitrogen and oxygen atoms in total. The van der Waals surface area contributed by atoms with Crippen LogP contribution in [0, 0.1) is 6.92 Å². The number of imidazole rings is 1. The summed E-state index contributed by atoms with van der Waals surface area (Å²) in [5.41, 5.74) is -0.0865. The molecule has 0 bridgehead atoms. The largest absolute Gasteiger partial charge is 0.377 e. The standard InChI is InChI=1S/C16H24N4O5/c1-11-17-13-14(18-11)19(2)16(22)20(15(13)21)6-8-23-9-10-25-12-5-3-4-7-24-12/h12H,3-10H2,1-2H3,(H,17,18). The SMILES string of the molecule is Cc1nc2c([nH]1)c(=O)n(CCOCCOC1CCCCO1)c(=O)n2C. The molecule has 2 aromatic heterocycles. The van der Waals surface area contributed by atoms with Crippen LogP contribution in [-0.2, 0) is 27.8 Å². The molecule has 9 heteroatoms. The van der Waals surface area contributed by atoms with Crippen LogP contribution in [0.2, 0.25) is 0 Å². The lowest BCUT2D eigenvalue weighted by molar-refractivity contribution is -0.169. The van der Waals surface area contributed by atoms with Gasteiger partial charge in [-0.25, -0.2) is 9.78 Å². The van der Waals surface area contributed by atoms with Gasteiger partial charge in [-0.1, -0.05) is 0 Å². The summed E-state index contributed by atoms with van der Waals surface area (Å²) in [6, 6.07) is 0. The van der Waals surface area contributed by atoms with Gasteiger partial charge in [0.15, 0.2) is 11.9 Å². The summed E-state index contributed by atoms with van der Waals surface area (Å²) in [6.07, 6.45) is 2.97. The van der Waals surface area contributed by atoms with E-state index in [0.717, 1.165) is 30.4 Å². The van der Waals surface area contributed by atoms with Crippen LogP contribution in [0.5, 0.6) is 0 Å². The molecule has 1 unspecified atom stereocenters. The molecule has 1 aliphatic heterocycles. The Morgan fingerprint density at radius 1 is 1.28 bits per heavy atom. The van der Waals surface area contributed by atoms with Crippen molar-refractivity contribution in [2.24, 2.45) is 7.05 Å². The van der Waals surface area contributed by atoms with Gasteiger partial charge in [-0.05, 0) is 26.2 Å². The average molecular weight is 352 g/mol. The fourth-order valence-electron chi connectivity index (χ4n) is 2.90. The molecule has 138 valence electrons. The Labute approximate surface area is 144 Å². The zero-order valence-corrected chi connectivity index (χ0v) is 14.6. The number of H-pyrrole nitrogens is 1. The lowest BCUT2D eigenvalue weighted by Gasteiger charge is -2.22. The van der Waals surface area contributed by atoms with E-state index in [2.05, 4.69) is 9.97 Å². The molecule has 3 rings (SSSR count). The highest BCUT2D eigenvalue weighted by Gasteiger charge is 2.15. The molecule has 0 aliphatic carbocycles. The second-order valence-electron chi connectivity index (χ2n) is 6.10. The Bertz CT molecular complexity index is 831. The summed E-state index contributed by atoms with van der Waals surface area (Å²) in [5.74, 6) is 0.596. The van der Waals surface area contributed by atoms with E-state index >= 15 is 0 Å². The summed E-state index contributed by atoms with van der Waals surface area (Å²) in [7, 11) is 1.60. The molecular weight excluding hydrogens is 328 g/mol. The fourth-order valence-corrected chi connectivity index (χ4v) is 2.90. The molecule has 1 fully saturated rings. The van der Waals surface area contributed by atoms with Gasteiger partial charge in [0.25, 0.3) is 5.56 Å². The van der Waals surface area contributed by atoms with E-state index in [9.17, 15) is 9.59 Å². The minimum atomic E-state index is -0.403. The Hall–Kier alpha value is -1.97.